The van der Waals surface area contributed by atoms with E-state index in [1.165, 1.54) is 6.07 Å². The number of anilines is 1. The fourth-order valence-corrected chi connectivity index (χ4v) is 3.70. The number of rotatable bonds is 3. The van der Waals surface area contributed by atoms with Gasteiger partial charge in [0, 0.05) is 17.0 Å². The highest BCUT2D eigenvalue weighted by atomic mass is 79.9. The van der Waals surface area contributed by atoms with Gasteiger partial charge in [-0.05, 0) is 38.0 Å². The van der Waals surface area contributed by atoms with Crippen molar-refractivity contribution in [1.29, 1.82) is 0 Å². The number of amides is 1. The minimum Gasteiger partial charge on any atom is -0.299 e. The molecule has 1 saturated heterocycles. The summed E-state index contributed by atoms with van der Waals surface area (Å²) in [5, 5.41) is 11.4. The number of nitrogens with zero attached hydrogens (tertiary/aromatic N) is 2. The minimum absolute atomic E-state index is 0.0529. The molecule has 0 aromatic heterocycles. The summed E-state index contributed by atoms with van der Waals surface area (Å²) in [6, 6.07) is 10.7. The summed E-state index contributed by atoms with van der Waals surface area (Å²) in [4.78, 5) is 25.0. The van der Waals surface area contributed by atoms with Crippen LogP contribution in [0.2, 0.25) is 0 Å². The molecular weight excluding hydrogens is 372 g/mol. The Labute approximate surface area is 148 Å². The highest BCUT2D eigenvalue weighted by Gasteiger charge is 2.37. The van der Waals surface area contributed by atoms with Crippen molar-refractivity contribution in [2.45, 2.75) is 32.7 Å². The third-order valence-corrected chi connectivity index (χ3v) is 4.73. The van der Waals surface area contributed by atoms with Crippen molar-refractivity contribution in [1.82, 2.24) is 0 Å². The molecule has 124 valence electrons. The van der Waals surface area contributed by atoms with E-state index >= 15 is 0 Å². The van der Waals surface area contributed by atoms with Crippen LogP contribution in [0.3, 0.4) is 0 Å². The zero-order valence-electron chi connectivity index (χ0n) is 13.5. The van der Waals surface area contributed by atoms with Gasteiger partial charge < -0.3 is 0 Å². The molecule has 0 spiro atoms. The smallest absolute Gasteiger partial charge is 0.293 e. The second-order valence-electron chi connectivity index (χ2n) is 6.13. The summed E-state index contributed by atoms with van der Waals surface area (Å²) < 4.78 is 0.710. The van der Waals surface area contributed by atoms with E-state index in [0.717, 1.165) is 16.7 Å². The quantitative estimate of drug-likeness (QED) is 0.557. The fourth-order valence-electron chi connectivity index (χ4n) is 3.35. The molecule has 1 heterocycles. The Bertz CT molecular complexity index is 815. The van der Waals surface area contributed by atoms with Gasteiger partial charge in [-0.1, -0.05) is 45.3 Å². The second kappa shape index (κ2) is 6.36. The third kappa shape index (κ3) is 3.06. The summed E-state index contributed by atoms with van der Waals surface area (Å²) in [7, 11) is 0. The summed E-state index contributed by atoms with van der Waals surface area (Å²) in [5.74, 6) is -0.0830. The van der Waals surface area contributed by atoms with Gasteiger partial charge in [0.2, 0.25) is 5.91 Å². The Morgan fingerprint density at radius 1 is 1.17 bits per heavy atom. The number of benzene rings is 2. The van der Waals surface area contributed by atoms with Crippen LogP contribution in [0, 0.1) is 24.0 Å². The maximum atomic E-state index is 12.5. The van der Waals surface area contributed by atoms with Gasteiger partial charge in [0.25, 0.3) is 5.69 Å². The molecule has 0 N–H and O–H groups in total. The first-order valence-electron chi connectivity index (χ1n) is 7.71. The summed E-state index contributed by atoms with van der Waals surface area (Å²) in [6.07, 6.45) is 1.05. The van der Waals surface area contributed by atoms with Crippen LogP contribution >= 0.6 is 15.9 Å². The van der Waals surface area contributed by atoms with Crippen molar-refractivity contribution in [2.24, 2.45) is 0 Å². The molecule has 2 aromatic rings. The van der Waals surface area contributed by atoms with Crippen LogP contribution in [-0.2, 0) is 4.79 Å². The SMILES string of the molecule is Cc1cc(C)cc(C2CCC(=O)N2c2cc(Br)ccc2[N+](=O)[O-])c1. The van der Waals surface area contributed by atoms with E-state index < -0.39 is 4.92 Å². The van der Waals surface area contributed by atoms with Gasteiger partial charge in [-0.15, -0.1) is 0 Å². The van der Waals surface area contributed by atoms with E-state index in [9.17, 15) is 14.9 Å². The second-order valence-corrected chi connectivity index (χ2v) is 7.05. The summed E-state index contributed by atoms with van der Waals surface area (Å²) in [5.41, 5.74) is 3.55. The van der Waals surface area contributed by atoms with Crippen molar-refractivity contribution >= 4 is 33.2 Å². The number of nitro benzene ring substituents is 1. The fraction of sp³-hybridized carbons (Fsp3) is 0.278. The molecule has 0 radical (unpaired) electrons. The van der Waals surface area contributed by atoms with Crippen molar-refractivity contribution in [3.63, 3.8) is 0 Å². The number of halogens is 1. The van der Waals surface area contributed by atoms with Gasteiger partial charge in [0.15, 0.2) is 0 Å². The van der Waals surface area contributed by atoms with E-state index in [1.54, 1.807) is 17.0 Å². The molecule has 1 amide bonds. The maximum absolute atomic E-state index is 12.5. The average molecular weight is 389 g/mol. The Morgan fingerprint density at radius 2 is 1.83 bits per heavy atom. The van der Waals surface area contributed by atoms with E-state index in [1.807, 2.05) is 26.0 Å². The van der Waals surface area contributed by atoms with Crippen LogP contribution in [0.25, 0.3) is 0 Å². The normalized spacial score (nSPS) is 17.4. The summed E-state index contributed by atoms with van der Waals surface area (Å²) in [6.45, 7) is 4.03. The zero-order chi connectivity index (χ0) is 17.4. The molecule has 1 unspecified atom stereocenters. The highest BCUT2D eigenvalue weighted by molar-refractivity contribution is 9.10. The summed E-state index contributed by atoms with van der Waals surface area (Å²) >= 11 is 3.35. The Kier molecular flexibility index (Phi) is 4.41. The number of carbonyl (C=O) groups excluding carboxylic acids is 1. The predicted molar refractivity (Wildman–Crippen MR) is 96.2 cm³/mol. The number of nitro groups is 1. The zero-order valence-corrected chi connectivity index (χ0v) is 15.0. The van der Waals surface area contributed by atoms with E-state index in [4.69, 9.17) is 0 Å². The molecular formula is C18H17BrN2O3. The van der Waals surface area contributed by atoms with Crippen LogP contribution in [0.15, 0.2) is 40.9 Å². The van der Waals surface area contributed by atoms with Crippen molar-refractivity contribution < 1.29 is 9.72 Å². The van der Waals surface area contributed by atoms with Crippen LogP contribution in [0.5, 0.6) is 0 Å². The number of hydrogen-bond acceptors (Lipinski definition) is 3. The lowest BCUT2D eigenvalue weighted by molar-refractivity contribution is -0.384. The van der Waals surface area contributed by atoms with Gasteiger partial charge in [0.1, 0.15) is 5.69 Å². The molecule has 0 saturated carbocycles. The molecule has 1 fully saturated rings. The Balaban J connectivity index is 2.13. The molecule has 1 aliphatic rings. The number of hydrogen-bond donors (Lipinski definition) is 0. The predicted octanol–water partition coefficient (Wildman–Crippen LogP) is 4.84. The first kappa shape index (κ1) is 16.6. The standard InChI is InChI=1S/C18H17BrN2O3/c1-11-7-12(2)9-13(8-11)15-5-6-18(22)20(15)17-10-14(19)3-4-16(17)21(23)24/h3-4,7-10,15H,5-6H2,1-2H3. The number of carbonyl (C=O) groups is 1. The lowest BCUT2D eigenvalue weighted by Gasteiger charge is -2.26. The van der Waals surface area contributed by atoms with Crippen molar-refractivity contribution in [3.05, 3.63) is 67.7 Å². The largest absolute Gasteiger partial charge is 0.299 e. The van der Waals surface area contributed by atoms with E-state index in [2.05, 4.69) is 22.0 Å². The highest BCUT2D eigenvalue weighted by Crippen LogP contribution is 2.42. The first-order valence-corrected chi connectivity index (χ1v) is 8.50. The van der Waals surface area contributed by atoms with Crippen molar-refractivity contribution in [2.75, 3.05) is 4.90 Å². The number of aryl methyl sites for hydroxylation is 2. The molecule has 1 atom stereocenters. The van der Waals surface area contributed by atoms with Crippen LogP contribution in [0.4, 0.5) is 11.4 Å². The van der Waals surface area contributed by atoms with E-state index in [0.29, 0.717) is 23.0 Å². The van der Waals surface area contributed by atoms with Gasteiger partial charge in [-0.2, -0.15) is 0 Å². The molecule has 1 aliphatic heterocycles. The van der Waals surface area contributed by atoms with E-state index in [-0.39, 0.29) is 17.6 Å². The Morgan fingerprint density at radius 3 is 2.46 bits per heavy atom. The molecule has 3 rings (SSSR count). The lowest BCUT2D eigenvalue weighted by atomic mass is 9.99. The van der Waals surface area contributed by atoms with Crippen LogP contribution < -0.4 is 4.90 Å². The van der Waals surface area contributed by atoms with Gasteiger partial charge >= 0.3 is 0 Å². The van der Waals surface area contributed by atoms with Gasteiger partial charge in [-0.25, -0.2) is 0 Å². The molecule has 6 heteroatoms. The first-order chi connectivity index (χ1) is 11.4. The molecule has 24 heavy (non-hydrogen) atoms. The van der Waals surface area contributed by atoms with Gasteiger partial charge in [-0.3, -0.25) is 19.8 Å². The van der Waals surface area contributed by atoms with Crippen LogP contribution in [0.1, 0.15) is 35.6 Å². The van der Waals surface area contributed by atoms with Gasteiger partial charge in [0.05, 0.1) is 11.0 Å². The average Bonchev–Trinajstić information content (AvgIpc) is 2.87. The topological polar surface area (TPSA) is 63.5 Å². The molecule has 5 nitrogen and oxygen atoms in total. The molecule has 0 bridgehead atoms. The Hall–Kier alpha value is -2.21. The lowest BCUT2D eigenvalue weighted by Crippen LogP contribution is -2.28. The molecule has 0 aliphatic carbocycles. The third-order valence-electron chi connectivity index (χ3n) is 4.23. The minimum atomic E-state index is -0.439. The van der Waals surface area contributed by atoms with Crippen LogP contribution in [-0.4, -0.2) is 10.8 Å². The maximum Gasteiger partial charge on any atom is 0.293 e. The van der Waals surface area contributed by atoms with Crippen molar-refractivity contribution in [3.8, 4) is 0 Å². The monoisotopic (exact) mass is 388 g/mol. The molecule has 2 aromatic carbocycles.